The second-order valence-electron chi connectivity index (χ2n) is 4.90. The highest BCUT2D eigenvalue weighted by atomic mass is 32.2. The summed E-state index contributed by atoms with van der Waals surface area (Å²) < 4.78 is 9.50. The molecule has 2 atom stereocenters. The van der Waals surface area contributed by atoms with E-state index in [4.69, 9.17) is 9.26 Å². The number of amides is 1. The minimum atomic E-state index is -0.401. The van der Waals surface area contributed by atoms with Crippen molar-refractivity contribution in [2.75, 3.05) is 7.11 Å². The van der Waals surface area contributed by atoms with E-state index in [1.165, 1.54) is 25.1 Å². The van der Waals surface area contributed by atoms with Gasteiger partial charge in [0.25, 0.3) is 5.91 Å². The molecule has 0 fully saturated rings. The largest absolute Gasteiger partial charge is 0.468 e. The Hall–Kier alpha value is -2.28. The molecule has 1 aromatic carbocycles. The van der Waals surface area contributed by atoms with E-state index in [1.54, 1.807) is 31.2 Å². The Bertz CT molecular complexity index is 672. The van der Waals surface area contributed by atoms with Gasteiger partial charge in [-0.15, -0.1) is 11.8 Å². The highest BCUT2D eigenvalue weighted by Gasteiger charge is 2.20. The maximum Gasteiger partial charge on any atom is 0.318 e. The van der Waals surface area contributed by atoms with E-state index in [-0.39, 0.29) is 17.9 Å². The summed E-state index contributed by atoms with van der Waals surface area (Å²) in [5.74, 6) is -0.568. The quantitative estimate of drug-likeness (QED) is 0.646. The molecule has 2 rings (SSSR count). The van der Waals surface area contributed by atoms with Gasteiger partial charge in [0.05, 0.1) is 18.7 Å². The van der Waals surface area contributed by atoms with E-state index in [0.29, 0.717) is 11.3 Å². The fraction of sp³-hybridized carbons (Fsp3) is 0.312. The lowest BCUT2D eigenvalue weighted by Gasteiger charge is -2.15. The number of esters is 1. The van der Waals surface area contributed by atoms with Crippen LogP contribution in [0.5, 0.6) is 0 Å². The zero-order valence-corrected chi connectivity index (χ0v) is 13.9. The van der Waals surface area contributed by atoms with Gasteiger partial charge >= 0.3 is 5.97 Å². The second-order valence-corrected chi connectivity index (χ2v) is 6.28. The van der Waals surface area contributed by atoms with Crippen molar-refractivity contribution in [1.82, 2.24) is 10.5 Å². The first-order valence-corrected chi connectivity index (χ1v) is 7.95. The van der Waals surface area contributed by atoms with Crippen molar-refractivity contribution in [1.29, 1.82) is 0 Å². The number of nitrogens with one attached hydrogen (secondary N) is 1. The molecule has 1 aromatic heterocycles. The zero-order valence-electron chi connectivity index (χ0n) is 13.1. The molecule has 2 aromatic rings. The summed E-state index contributed by atoms with van der Waals surface area (Å²) in [4.78, 5) is 24.8. The minimum absolute atomic E-state index is 0.235. The Morgan fingerprint density at radius 1 is 1.26 bits per heavy atom. The van der Waals surface area contributed by atoms with E-state index < -0.39 is 5.25 Å². The summed E-state index contributed by atoms with van der Waals surface area (Å²) in [6, 6.07) is 8.55. The maximum absolute atomic E-state index is 12.5. The molecule has 7 heteroatoms. The average molecular weight is 334 g/mol. The van der Waals surface area contributed by atoms with Gasteiger partial charge in [-0.05, 0) is 26.0 Å². The van der Waals surface area contributed by atoms with Crippen molar-refractivity contribution in [3.05, 3.63) is 47.9 Å². The predicted octanol–water partition coefficient (Wildman–Crippen LogP) is 2.82. The molecular formula is C16H18N2O4S. The third-order valence-corrected chi connectivity index (χ3v) is 4.37. The number of nitrogens with zero attached hydrogens (tertiary/aromatic N) is 1. The highest BCUT2D eigenvalue weighted by molar-refractivity contribution is 8.00. The van der Waals surface area contributed by atoms with Crippen LogP contribution in [0, 0.1) is 0 Å². The maximum atomic E-state index is 12.5. The summed E-state index contributed by atoms with van der Waals surface area (Å²) in [5.41, 5.74) is 1.15. The van der Waals surface area contributed by atoms with Crippen molar-refractivity contribution in [2.24, 2.45) is 0 Å². The van der Waals surface area contributed by atoms with E-state index in [9.17, 15) is 9.59 Å². The number of ether oxygens (including phenoxy) is 1. The zero-order chi connectivity index (χ0) is 16.8. The molecule has 0 saturated carbocycles. The number of thioether (sulfide) groups is 1. The molecule has 122 valence electrons. The Kier molecular flexibility index (Phi) is 5.81. The van der Waals surface area contributed by atoms with Gasteiger partial charge in [0, 0.05) is 11.0 Å². The van der Waals surface area contributed by atoms with Gasteiger partial charge in [-0.25, -0.2) is 0 Å². The molecule has 23 heavy (non-hydrogen) atoms. The van der Waals surface area contributed by atoms with Crippen LogP contribution in [-0.2, 0) is 9.53 Å². The number of hydrogen-bond donors (Lipinski definition) is 1. The Balaban J connectivity index is 2.12. The number of aromatic nitrogens is 1. The molecule has 1 amide bonds. The van der Waals surface area contributed by atoms with Crippen LogP contribution in [-0.4, -0.2) is 29.4 Å². The van der Waals surface area contributed by atoms with Crippen molar-refractivity contribution >= 4 is 23.6 Å². The number of benzene rings is 1. The summed E-state index contributed by atoms with van der Waals surface area (Å²) in [5, 5.41) is 6.28. The number of rotatable bonds is 6. The summed E-state index contributed by atoms with van der Waals surface area (Å²) in [6.45, 7) is 3.56. The fourth-order valence-corrected chi connectivity index (χ4v) is 2.97. The Morgan fingerprint density at radius 3 is 2.65 bits per heavy atom. The number of carbonyl (C=O) groups is 2. The molecule has 0 bridgehead atoms. The number of carbonyl (C=O) groups excluding carboxylic acids is 2. The van der Waals surface area contributed by atoms with Crippen LogP contribution < -0.4 is 5.32 Å². The van der Waals surface area contributed by atoms with Crippen molar-refractivity contribution in [3.63, 3.8) is 0 Å². The molecular weight excluding hydrogens is 316 g/mol. The number of methoxy groups -OCH3 is 1. The topological polar surface area (TPSA) is 81.4 Å². The van der Waals surface area contributed by atoms with Gasteiger partial charge in [-0.1, -0.05) is 17.3 Å². The molecule has 1 heterocycles. The third-order valence-electron chi connectivity index (χ3n) is 3.22. The van der Waals surface area contributed by atoms with Gasteiger partial charge in [0.15, 0.2) is 0 Å². The van der Waals surface area contributed by atoms with Crippen LogP contribution in [0.1, 0.15) is 35.9 Å². The first-order chi connectivity index (χ1) is 11.0. The van der Waals surface area contributed by atoms with Crippen molar-refractivity contribution in [3.8, 4) is 0 Å². The SMILES string of the molecule is COC(=O)C(C)Sc1ccccc1C(=O)NC(C)c1ccon1. The van der Waals surface area contributed by atoms with Gasteiger partial charge in [-0.2, -0.15) is 0 Å². The summed E-state index contributed by atoms with van der Waals surface area (Å²) >= 11 is 1.29. The normalized spacial score (nSPS) is 13.2. The molecule has 0 radical (unpaired) electrons. The van der Waals surface area contributed by atoms with E-state index in [0.717, 1.165) is 4.90 Å². The van der Waals surface area contributed by atoms with Crippen LogP contribution in [0.15, 0.2) is 46.0 Å². The summed E-state index contributed by atoms with van der Waals surface area (Å²) in [6.07, 6.45) is 1.46. The van der Waals surface area contributed by atoms with Gasteiger partial charge in [-0.3, -0.25) is 9.59 Å². The standard InChI is InChI=1S/C16H18N2O4S/c1-10(13-8-9-22-18-13)17-15(19)12-6-4-5-7-14(12)23-11(2)16(20)21-3/h4-11H,1-3H3,(H,17,19). The lowest BCUT2D eigenvalue weighted by atomic mass is 10.2. The predicted molar refractivity (Wildman–Crippen MR) is 86.2 cm³/mol. The molecule has 0 aliphatic carbocycles. The molecule has 0 aliphatic rings. The Morgan fingerprint density at radius 2 is 2.00 bits per heavy atom. The smallest absolute Gasteiger partial charge is 0.318 e. The first kappa shape index (κ1) is 17.1. The summed E-state index contributed by atoms with van der Waals surface area (Å²) in [7, 11) is 1.34. The third kappa shape index (κ3) is 4.35. The van der Waals surface area contributed by atoms with E-state index in [1.807, 2.05) is 13.0 Å². The second kappa shape index (κ2) is 7.82. The molecule has 0 aliphatic heterocycles. The monoisotopic (exact) mass is 334 g/mol. The first-order valence-electron chi connectivity index (χ1n) is 7.07. The van der Waals surface area contributed by atoms with Crippen molar-refractivity contribution < 1.29 is 18.8 Å². The Labute approximate surface area is 138 Å². The van der Waals surface area contributed by atoms with E-state index in [2.05, 4.69) is 10.5 Å². The van der Waals surface area contributed by atoms with E-state index >= 15 is 0 Å². The molecule has 0 spiro atoms. The van der Waals surface area contributed by atoms with Crippen LogP contribution in [0.3, 0.4) is 0 Å². The van der Waals surface area contributed by atoms with Gasteiger partial charge in [0.2, 0.25) is 0 Å². The molecule has 6 nitrogen and oxygen atoms in total. The lowest BCUT2D eigenvalue weighted by molar-refractivity contribution is -0.139. The fourth-order valence-electron chi connectivity index (χ4n) is 1.96. The van der Waals surface area contributed by atoms with Crippen LogP contribution in [0.25, 0.3) is 0 Å². The van der Waals surface area contributed by atoms with Crippen LogP contribution >= 0.6 is 11.8 Å². The molecule has 0 saturated heterocycles. The lowest BCUT2D eigenvalue weighted by Crippen LogP contribution is -2.27. The van der Waals surface area contributed by atoms with Crippen molar-refractivity contribution in [2.45, 2.75) is 30.0 Å². The van der Waals surface area contributed by atoms with Gasteiger partial charge in [0.1, 0.15) is 17.2 Å². The minimum Gasteiger partial charge on any atom is -0.468 e. The highest BCUT2D eigenvalue weighted by Crippen LogP contribution is 2.27. The number of hydrogen-bond acceptors (Lipinski definition) is 6. The van der Waals surface area contributed by atoms with Gasteiger partial charge < -0.3 is 14.6 Å². The average Bonchev–Trinajstić information content (AvgIpc) is 3.09. The van der Waals surface area contributed by atoms with Crippen LogP contribution in [0.2, 0.25) is 0 Å². The molecule has 2 unspecified atom stereocenters. The van der Waals surface area contributed by atoms with Crippen LogP contribution in [0.4, 0.5) is 0 Å². The molecule has 1 N–H and O–H groups in total.